The number of carbonyl (C=O) groups excluding carboxylic acids is 1. The van der Waals surface area contributed by atoms with E-state index >= 15 is 0 Å². The third-order valence-electron chi connectivity index (χ3n) is 2.59. The standard InChI is InChI=1S/C14H20N2O4/c1-10(2)11-5-3-4-6-12(11)16-14(19)15-7-8-20-9-13(17)18/h3-6,10H,7-9H2,1-2H3,(H,17,18)(H2,15,16,19). The molecule has 6 nitrogen and oxygen atoms in total. The van der Waals surface area contributed by atoms with E-state index in [1.165, 1.54) is 0 Å². The summed E-state index contributed by atoms with van der Waals surface area (Å²) in [6.07, 6.45) is 0. The minimum Gasteiger partial charge on any atom is -0.480 e. The number of carbonyl (C=O) groups is 2. The molecule has 0 aliphatic carbocycles. The van der Waals surface area contributed by atoms with Gasteiger partial charge in [0.25, 0.3) is 0 Å². The van der Waals surface area contributed by atoms with Crippen molar-refractivity contribution in [2.24, 2.45) is 0 Å². The zero-order chi connectivity index (χ0) is 15.0. The van der Waals surface area contributed by atoms with Gasteiger partial charge in [-0.05, 0) is 17.5 Å². The smallest absolute Gasteiger partial charge is 0.329 e. The summed E-state index contributed by atoms with van der Waals surface area (Å²) < 4.78 is 4.82. The maximum atomic E-state index is 11.7. The van der Waals surface area contributed by atoms with Gasteiger partial charge in [-0.1, -0.05) is 32.0 Å². The molecule has 1 aromatic rings. The van der Waals surface area contributed by atoms with E-state index in [9.17, 15) is 9.59 Å². The number of benzene rings is 1. The van der Waals surface area contributed by atoms with Crippen LogP contribution >= 0.6 is 0 Å². The van der Waals surface area contributed by atoms with Gasteiger partial charge in [-0.3, -0.25) is 0 Å². The van der Waals surface area contributed by atoms with Crippen LogP contribution in [0.4, 0.5) is 10.5 Å². The van der Waals surface area contributed by atoms with Crippen molar-refractivity contribution in [1.29, 1.82) is 0 Å². The van der Waals surface area contributed by atoms with E-state index in [1.807, 2.05) is 24.3 Å². The fraction of sp³-hybridized carbons (Fsp3) is 0.429. The molecule has 0 aliphatic rings. The van der Waals surface area contributed by atoms with E-state index in [2.05, 4.69) is 24.5 Å². The molecule has 0 bridgehead atoms. The predicted molar refractivity (Wildman–Crippen MR) is 76.0 cm³/mol. The summed E-state index contributed by atoms with van der Waals surface area (Å²) in [6, 6.07) is 7.26. The van der Waals surface area contributed by atoms with Gasteiger partial charge in [0.1, 0.15) is 6.61 Å². The Morgan fingerprint density at radius 1 is 1.30 bits per heavy atom. The lowest BCUT2D eigenvalue weighted by atomic mass is 10.0. The van der Waals surface area contributed by atoms with E-state index in [-0.39, 0.29) is 25.8 Å². The number of nitrogens with one attached hydrogen (secondary N) is 2. The van der Waals surface area contributed by atoms with Crippen LogP contribution in [0.15, 0.2) is 24.3 Å². The molecular weight excluding hydrogens is 260 g/mol. The van der Waals surface area contributed by atoms with Crippen molar-refractivity contribution < 1.29 is 19.4 Å². The van der Waals surface area contributed by atoms with E-state index in [4.69, 9.17) is 9.84 Å². The Kier molecular flexibility index (Phi) is 6.52. The highest BCUT2D eigenvalue weighted by Gasteiger charge is 2.08. The van der Waals surface area contributed by atoms with E-state index in [1.54, 1.807) is 0 Å². The van der Waals surface area contributed by atoms with Gasteiger partial charge in [0.05, 0.1) is 6.61 Å². The Morgan fingerprint density at radius 3 is 2.65 bits per heavy atom. The topological polar surface area (TPSA) is 87.7 Å². The fourth-order valence-corrected chi connectivity index (χ4v) is 1.68. The third kappa shape index (κ3) is 5.71. The van der Waals surface area contributed by atoms with Gasteiger partial charge in [0.15, 0.2) is 0 Å². The van der Waals surface area contributed by atoms with Crippen molar-refractivity contribution >= 4 is 17.7 Å². The molecule has 0 saturated carbocycles. The van der Waals surface area contributed by atoms with Crippen molar-refractivity contribution in [1.82, 2.24) is 5.32 Å². The summed E-state index contributed by atoms with van der Waals surface area (Å²) in [4.78, 5) is 21.9. The first-order chi connectivity index (χ1) is 9.50. The van der Waals surface area contributed by atoms with Crippen LogP contribution in [0, 0.1) is 0 Å². The second kappa shape index (κ2) is 8.16. The highest BCUT2D eigenvalue weighted by Crippen LogP contribution is 2.23. The summed E-state index contributed by atoms with van der Waals surface area (Å²) >= 11 is 0. The number of ether oxygens (including phenoxy) is 1. The number of aliphatic carboxylic acids is 1. The molecule has 0 unspecified atom stereocenters. The lowest BCUT2D eigenvalue weighted by Gasteiger charge is -2.14. The molecule has 0 radical (unpaired) electrons. The van der Waals surface area contributed by atoms with Crippen LogP contribution in [0.2, 0.25) is 0 Å². The van der Waals surface area contributed by atoms with Gasteiger partial charge < -0.3 is 20.5 Å². The number of amides is 2. The van der Waals surface area contributed by atoms with Crippen LogP contribution in [0.5, 0.6) is 0 Å². The Morgan fingerprint density at radius 2 is 2.00 bits per heavy atom. The maximum Gasteiger partial charge on any atom is 0.329 e. The van der Waals surface area contributed by atoms with E-state index < -0.39 is 5.97 Å². The Labute approximate surface area is 118 Å². The largest absolute Gasteiger partial charge is 0.480 e. The molecule has 0 fully saturated rings. The molecule has 3 N–H and O–H groups in total. The molecule has 110 valence electrons. The molecule has 0 aliphatic heterocycles. The van der Waals surface area contributed by atoms with Gasteiger partial charge in [-0.2, -0.15) is 0 Å². The average Bonchev–Trinajstić information content (AvgIpc) is 2.38. The SMILES string of the molecule is CC(C)c1ccccc1NC(=O)NCCOCC(=O)O. The molecule has 0 heterocycles. The van der Waals surface area contributed by atoms with Crippen LogP contribution in [0.25, 0.3) is 0 Å². The van der Waals surface area contributed by atoms with Crippen LogP contribution in [-0.2, 0) is 9.53 Å². The number of urea groups is 1. The van der Waals surface area contributed by atoms with Crippen LogP contribution in [0.3, 0.4) is 0 Å². The number of hydrogen-bond acceptors (Lipinski definition) is 3. The molecule has 1 rings (SSSR count). The summed E-state index contributed by atoms with van der Waals surface area (Å²) in [7, 11) is 0. The summed E-state index contributed by atoms with van der Waals surface area (Å²) in [6.45, 7) is 4.16. The second-order valence-electron chi connectivity index (χ2n) is 4.57. The summed E-state index contributed by atoms with van der Waals surface area (Å²) in [5.41, 5.74) is 1.83. The minimum absolute atomic E-state index is 0.158. The zero-order valence-electron chi connectivity index (χ0n) is 11.7. The van der Waals surface area contributed by atoms with Crippen molar-refractivity contribution in [3.8, 4) is 0 Å². The monoisotopic (exact) mass is 280 g/mol. The van der Waals surface area contributed by atoms with Crippen molar-refractivity contribution in [3.63, 3.8) is 0 Å². The lowest BCUT2D eigenvalue weighted by Crippen LogP contribution is -2.32. The number of carboxylic acids is 1. The number of hydrogen-bond donors (Lipinski definition) is 3. The highest BCUT2D eigenvalue weighted by atomic mass is 16.5. The van der Waals surface area contributed by atoms with Crippen LogP contribution in [0.1, 0.15) is 25.3 Å². The molecule has 2 amide bonds. The lowest BCUT2D eigenvalue weighted by molar-refractivity contribution is -0.142. The van der Waals surface area contributed by atoms with Gasteiger partial charge in [0, 0.05) is 12.2 Å². The minimum atomic E-state index is -1.03. The number of anilines is 1. The maximum absolute atomic E-state index is 11.7. The molecule has 0 spiro atoms. The molecule has 0 atom stereocenters. The van der Waals surface area contributed by atoms with Gasteiger partial charge in [-0.25, -0.2) is 9.59 Å². The van der Waals surface area contributed by atoms with Crippen LogP contribution < -0.4 is 10.6 Å². The van der Waals surface area contributed by atoms with Gasteiger partial charge >= 0.3 is 12.0 Å². The first-order valence-corrected chi connectivity index (χ1v) is 6.44. The molecular formula is C14H20N2O4. The highest BCUT2D eigenvalue weighted by molar-refractivity contribution is 5.90. The molecule has 1 aromatic carbocycles. The average molecular weight is 280 g/mol. The Hall–Kier alpha value is -2.08. The van der Waals surface area contributed by atoms with Crippen molar-refractivity contribution in [2.75, 3.05) is 25.1 Å². The molecule has 6 heteroatoms. The van der Waals surface area contributed by atoms with Gasteiger partial charge in [-0.15, -0.1) is 0 Å². The summed E-state index contributed by atoms with van der Waals surface area (Å²) in [5.74, 6) is -0.717. The van der Waals surface area contributed by atoms with Crippen LogP contribution in [-0.4, -0.2) is 36.9 Å². The molecule has 0 saturated heterocycles. The summed E-state index contributed by atoms with van der Waals surface area (Å²) in [5, 5.41) is 13.7. The van der Waals surface area contributed by atoms with E-state index in [0.29, 0.717) is 5.92 Å². The fourth-order valence-electron chi connectivity index (χ4n) is 1.68. The Bertz CT molecular complexity index is 460. The molecule has 20 heavy (non-hydrogen) atoms. The number of rotatable bonds is 7. The Balaban J connectivity index is 2.37. The number of para-hydroxylation sites is 1. The first-order valence-electron chi connectivity index (χ1n) is 6.44. The number of carboxylic acid groups (broad SMARTS) is 1. The second-order valence-corrected chi connectivity index (χ2v) is 4.57. The molecule has 0 aromatic heterocycles. The zero-order valence-corrected chi connectivity index (χ0v) is 11.7. The first kappa shape index (κ1) is 16.0. The normalized spacial score (nSPS) is 10.3. The van der Waals surface area contributed by atoms with Crippen molar-refractivity contribution in [2.45, 2.75) is 19.8 Å². The third-order valence-corrected chi connectivity index (χ3v) is 2.59. The predicted octanol–water partition coefficient (Wildman–Crippen LogP) is 2.03. The van der Waals surface area contributed by atoms with Gasteiger partial charge in [0.2, 0.25) is 0 Å². The quantitative estimate of drug-likeness (QED) is 0.667. The van der Waals surface area contributed by atoms with E-state index in [0.717, 1.165) is 11.3 Å². The van der Waals surface area contributed by atoms with Crippen molar-refractivity contribution in [3.05, 3.63) is 29.8 Å².